The molecule has 0 radical (unpaired) electrons. The molecule has 3 heteroatoms. The Balaban J connectivity index is 1.30. The lowest BCUT2D eigenvalue weighted by atomic mass is 9.79. The van der Waals surface area contributed by atoms with Gasteiger partial charge in [0, 0.05) is 13.0 Å². The van der Waals surface area contributed by atoms with Crippen LogP contribution in [-0.4, -0.2) is 37.7 Å². The van der Waals surface area contributed by atoms with Crippen molar-refractivity contribution in [3.05, 3.63) is 29.3 Å². The van der Waals surface area contributed by atoms with Crippen LogP contribution in [0.1, 0.15) is 36.8 Å². The Morgan fingerprint density at radius 2 is 1.82 bits per heavy atom. The van der Waals surface area contributed by atoms with E-state index in [1.807, 2.05) is 0 Å². The van der Waals surface area contributed by atoms with Gasteiger partial charge in [0.1, 0.15) is 5.75 Å². The first-order valence-electron chi connectivity index (χ1n) is 9.06. The summed E-state index contributed by atoms with van der Waals surface area (Å²) in [6.07, 6.45) is 6.68. The molecule has 2 fully saturated rings. The Hall–Kier alpha value is -1.06. The molecule has 3 nitrogen and oxygen atoms in total. The SMILES string of the molecule is c1cc2c(cc1CN1CCC(C3CCNCC3)CC1)CCO2. The van der Waals surface area contributed by atoms with Crippen LogP contribution in [0.5, 0.6) is 5.75 Å². The molecular weight excluding hydrogens is 272 g/mol. The van der Waals surface area contributed by atoms with Crippen LogP contribution in [-0.2, 0) is 13.0 Å². The maximum atomic E-state index is 5.61. The van der Waals surface area contributed by atoms with Gasteiger partial charge in [-0.3, -0.25) is 4.90 Å². The van der Waals surface area contributed by atoms with Crippen molar-refractivity contribution in [1.82, 2.24) is 10.2 Å². The van der Waals surface area contributed by atoms with Crippen LogP contribution in [0, 0.1) is 11.8 Å². The van der Waals surface area contributed by atoms with Crippen molar-refractivity contribution in [3.8, 4) is 5.75 Å². The Morgan fingerprint density at radius 1 is 1.05 bits per heavy atom. The zero-order valence-corrected chi connectivity index (χ0v) is 13.5. The summed E-state index contributed by atoms with van der Waals surface area (Å²) >= 11 is 0. The highest BCUT2D eigenvalue weighted by Crippen LogP contribution is 2.32. The van der Waals surface area contributed by atoms with Gasteiger partial charge in [-0.2, -0.15) is 0 Å². The molecule has 0 atom stereocenters. The van der Waals surface area contributed by atoms with E-state index in [4.69, 9.17) is 4.74 Å². The number of fused-ring (bicyclic) bond motifs is 1. The van der Waals surface area contributed by atoms with E-state index in [-0.39, 0.29) is 0 Å². The average molecular weight is 300 g/mol. The second-order valence-corrected chi connectivity index (χ2v) is 7.24. The molecule has 0 aliphatic carbocycles. The third-order valence-corrected chi connectivity index (χ3v) is 5.84. The minimum atomic E-state index is 0.862. The van der Waals surface area contributed by atoms with E-state index in [0.717, 1.165) is 37.2 Å². The molecule has 0 bridgehead atoms. The standard InChI is InChI=1S/C19H28N2O/c1-2-19-18(7-12-22-19)13-15(1)14-21-10-5-17(6-11-21)16-3-8-20-9-4-16/h1-2,13,16-17,20H,3-12,14H2. The Kier molecular flexibility index (Phi) is 4.35. The van der Waals surface area contributed by atoms with Crippen LogP contribution < -0.4 is 10.1 Å². The highest BCUT2D eigenvalue weighted by molar-refractivity contribution is 5.39. The summed E-state index contributed by atoms with van der Waals surface area (Å²) in [5, 5.41) is 3.50. The van der Waals surface area contributed by atoms with E-state index in [9.17, 15) is 0 Å². The topological polar surface area (TPSA) is 24.5 Å². The molecule has 4 rings (SSSR count). The fourth-order valence-corrected chi connectivity index (χ4v) is 4.49. The number of nitrogens with zero attached hydrogens (tertiary/aromatic N) is 1. The largest absolute Gasteiger partial charge is 0.493 e. The number of rotatable bonds is 3. The summed E-state index contributed by atoms with van der Waals surface area (Å²) in [7, 11) is 0. The molecule has 3 aliphatic heterocycles. The van der Waals surface area contributed by atoms with Gasteiger partial charge in [-0.05, 0) is 80.9 Å². The van der Waals surface area contributed by atoms with Crippen LogP contribution in [0.3, 0.4) is 0 Å². The van der Waals surface area contributed by atoms with Gasteiger partial charge in [-0.1, -0.05) is 12.1 Å². The average Bonchev–Trinajstić information content (AvgIpc) is 3.04. The summed E-state index contributed by atoms with van der Waals surface area (Å²) in [5.74, 6) is 3.07. The van der Waals surface area contributed by atoms with Gasteiger partial charge < -0.3 is 10.1 Å². The number of benzene rings is 1. The van der Waals surface area contributed by atoms with E-state index < -0.39 is 0 Å². The van der Waals surface area contributed by atoms with E-state index in [1.165, 1.54) is 63.0 Å². The zero-order valence-electron chi connectivity index (χ0n) is 13.5. The Bertz CT molecular complexity index is 502. The first kappa shape index (κ1) is 14.5. The fourth-order valence-electron chi connectivity index (χ4n) is 4.49. The summed E-state index contributed by atoms with van der Waals surface area (Å²) in [5.41, 5.74) is 2.87. The Morgan fingerprint density at radius 3 is 2.64 bits per heavy atom. The zero-order chi connectivity index (χ0) is 14.8. The number of nitrogens with one attached hydrogen (secondary N) is 1. The first-order valence-corrected chi connectivity index (χ1v) is 9.06. The van der Waals surface area contributed by atoms with Crippen molar-refractivity contribution in [1.29, 1.82) is 0 Å². The van der Waals surface area contributed by atoms with E-state index >= 15 is 0 Å². The van der Waals surface area contributed by atoms with Gasteiger partial charge in [0.25, 0.3) is 0 Å². The lowest BCUT2D eigenvalue weighted by molar-refractivity contribution is 0.126. The minimum Gasteiger partial charge on any atom is -0.493 e. The number of likely N-dealkylation sites (tertiary alicyclic amines) is 1. The van der Waals surface area contributed by atoms with Gasteiger partial charge in [-0.15, -0.1) is 0 Å². The highest BCUT2D eigenvalue weighted by atomic mass is 16.5. The van der Waals surface area contributed by atoms with E-state index in [0.29, 0.717) is 0 Å². The minimum absolute atomic E-state index is 0.862. The van der Waals surface area contributed by atoms with Gasteiger partial charge in [0.05, 0.1) is 6.61 Å². The highest BCUT2D eigenvalue weighted by Gasteiger charge is 2.27. The van der Waals surface area contributed by atoms with Crippen LogP contribution in [0.4, 0.5) is 0 Å². The molecule has 0 aromatic heterocycles. The van der Waals surface area contributed by atoms with Crippen molar-refractivity contribution >= 4 is 0 Å². The molecular formula is C19H28N2O. The Labute approximate surface area is 134 Å². The third kappa shape index (κ3) is 3.16. The predicted molar refractivity (Wildman–Crippen MR) is 89.2 cm³/mol. The second kappa shape index (κ2) is 6.59. The molecule has 0 unspecified atom stereocenters. The van der Waals surface area contributed by atoms with Crippen molar-refractivity contribution < 1.29 is 4.74 Å². The number of ether oxygens (including phenoxy) is 1. The third-order valence-electron chi connectivity index (χ3n) is 5.84. The first-order chi connectivity index (χ1) is 10.9. The van der Waals surface area contributed by atoms with Crippen molar-refractivity contribution in [2.45, 2.75) is 38.6 Å². The number of hydrogen-bond acceptors (Lipinski definition) is 3. The van der Waals surface area contributed by atoms with Gasteiger partial charge >= 0.3 is 0 Å². The maximum absolute atomic E-state index is 5.61. The van der Waals surface area contributed by atoms with Crippen molar-refractivity contribution in [2.24, 2.45) is 11.8 Å². The van der Waals surface area contributed by atoms with Gasteiger partial charge in [0.15, 0.2) is 0 Å². The lowest BCUT2D eigenvalue weighted by Crippen LogP contribution is -2.39. The molecule has 0 spiro atoms. The molecule has 3 heterocycles. The van der Waals surface area contributed by atoms with Crippen LogP contribution >= 0.6 is 0 Å². The quantitative estimate of drug-likeness (QED) is 0.929. The molecule has 0 saturated carbocycles. The number of hydrogen-bond donors (Lipinski definition) is 1. The molecule has 1 N–H and O–H groups in total. The molecule has 1 aromatic rings. The van der Waals surface area contributed by atoms with E-state index in [1.54, 1.807) is 0 Å². The molecule has 3 aliphatic rings. The summed E-state index contributed by atoms with van der Waals surface area (Å²) in [6.45, 7) is 7.02. The fraction of sp³-hybridized carbons (Fsp3) is 0.684. The lowest BCUT2D eigenvalue weighted by Gasteiger charge is -2.37. The van der Waals surface area contributed by atoms with Crippen LogP contribution in [0.25, 0.3) is 0 Å². The monoisotopic (exact) mass is 300 g/mol. The van der Waals surface area contributed by atoms with Gasteiger partial charge in [-0.25, -0.2) is 0 Å². The van der Waals surface area contributed by atoms with E-state index in [2.05, 4.69) is 28.4 Å². The predicted octanol–water partition coefficient (Wildman–Crippen LogP) is 2.83. The summed E-state index contributed by atoms with van der Waals surface area (Å²) in [6, 6.07) is 6.78. The summed E-state index contributed by atoms with van der Waals surface area (Å²) < 4.78 is 5.61. The van der Waals surface area contributed by atoms with Crippen molar-refractivity contribution in [3.63, 3.8) is 0 Å². The molecule has 0 amide bonds. The van der Waals surface area contributed by atoms with Crippen LogP contribution in [0.15, 0.2) is 18.2 Å². The smallest absolute Gasteiger partial charge is 0.122 e. The molecule has 1 aromatic carbocycles. The summed E-state index contributed by atoms with van der Waals surface area (Å²) in [4.78, 5) is 2.65. The van der Waals surface area contributed by atoms with Crippen LogP contribution in [0.2, 0.25) is 0 Å². The normalized spacial score (nSPS) is 24.2. The molecule has 120 valence electrons. The molecule has 22 heavy (non-hydrogen) atoms. The number of piperidine rings is 2. The van der Waals surface area contributed by atoms with Gasteiger partial charge in [0.2, 0.25) is 0 Å². The van der Waals surface area contributed by atoms with Crippen molar-refractivity contribution in [2.75, 3.05) is 32.8 Å². The maximum Gasteiger partial charge on any atom is 0.122 e. The second-order valence-electron chi connectivity index (χ2n) is 7.24. The molecule has 2 saturated heterocycles.